The van der Waals surface area contributed by atoms with Gasteiger partial charge in [-0.15, -0.1) is 0 Å². The first kappa shape index (κ1) is 20.6. The molecule has 0 spiro atoms. The number of nitrogens with one attached hydrogen (secondary N) is 2. The molecule has 0 radical (unpaired) electrons. The van der Waals surface area contributed by atoms with E-state index in [9.17, 15) is 14.4 Å². The molecule has 1 heterocycles. The average molecular weight is 392 g/mol. The summed E-state index contributed by atoms with van der Waals surface area (Å²) in [5.74, 6) is -0.306. The lowest BCUT2D eigenvalue weighted by atomic mass is 10.2. The van der Waals surface area contributed by atoms with Gasteiger partial charge in [0, 0.05) is 19.2 Å². The zero-order valence-corrected chi connectivity index (χ0v) is 16.5. The van der Waals surface area contributed by atoms with E-state index in [-0.39, 0.29) is 29.3 Å². The Labute approximate surface area is 163 Å². The zero-order chi connectivity index (χ0) is 20.0. The van der Waals surface area contributed by atoms with Gasteiger partial charge >= 0.3 is 0 Å². The number of hydrazine groups is 1. The number of ether oxygens (including phenoxy) is 1. The van der Waals surface area contributed by atoms with Crippen molar-refractivity contribution < 1.29 is 19.1 Å². The number of hydrogen-bond donors (Lipinski definition) is 2. The molecule has 8 nitrogen and oxygen atoms in total. The summed E-state index contributed by atoms with van der Waals surface area (Å²) >= 11 is 5.24. The van der Waals surface area contributed by atoms with Crippen LogP contribution in [0.1, 0.15) is 33.6 Å². The second kappa shape index (κ2) is 9.31. The van der Waals surface area contributed by atoms with Crippen molar-refractivity contribution in [3.05, 3.63) is 24.3 Å². The van der Waals surface area contributed by atoms with Crippen LogP contribution in [0.4, 0.5) is 5.69 Å². The molecule has 0 saturated carbocycles. The largest absolute Gasteiger partial charge is 0.494 e. The minimum Gasteiger partial charge on any atom is -0.494 e. The van der Waals surface area contributed by atoms with Crippen molar-refractivity contribution in [2.75, 3.05) is 18.5 Å². The number of anilines is 1. The Kier molecular flexibility index (Phi) is 7.12. The van der Waals surface area contributed by atoms with Gasteiger partial charge in [-0.25, -0.2) is 5.01 Å². The molecule has 0 bridgehead atoms. The summed E-state index contributed by atoms with van der Waals surface area (Å²) in [5, 5.41) is 4.22. The highest BCUT2D eigenvalue weighted by Gasteiger charge is 2.43. The van der Waals surface area contributed by atoms with Gasteiger partial charge in [0.15, 0.2) is 5.11 Å². The van der Waals surface area contributed by atoms with E-state index < -0.39 is 6.04 Å². The second-order valence-electron chi connectivity index (χ2n) is 6.04. The van der Waals surface area contributed by atoms with E-state index in [2.05, 4.69) is 10.7 Å². The minimum absolute atomic E-state index is 0.135. The summed E-state index contributed by atoms with van der Waals surface area (Å²) in [6, 6.07) is 6.13. The van der Waals surface area contributed by atoms with Crippen molar-refractivity contribution in [2.45, 2.75) is 39.7 Å². The van der Waals surface area contributed by atoms with Crippen LogP contribution < -0.4 is 15.5 Å². The molecule has 1 aliphatic rings. The number of likely N-dealkylation sites (N-methyl/N-ethyl adjacent to an activating group) is 1. The summed E-state index contributed by atoms with van der Waals surface area (Å²) in [6.45, 7) is 6.11. The minimum atomic E-state index is -0.867. The van der Waals surface area contributed by atoms with Crippen LogP contribution in [-0.2, 0) is 14.4 Å². The molecule has 1 aromatic rings. The van der Waals surface area contributed by atoms with Crippen molar-refractivity contribution in [2.24, 2.45) is 0 Å². The molecule has 0 aromatic heterocycles. The molecule has 1 saturated heterocycles. The maximum atomic E-state index is 12.5. The molecule has 1 aromatic carbocycles. The summed E-state index contributed by atoms with van der Waals surface area (Å²) in [5.41, 5.74) is 3.12. The molecule has 1 unspecified atom stereocenters. The van der Waals surface area contributed by atoms with Crippen molar-refractivity contribution in [1.82, 2.24) is 15.3 Å². The fourth-order valence-electron chi connectivity index (χ4n) is 2.66. The Morgan fingerprint density at radius 3 is 2.44 bits per heavy atom. The van der Waals surface area contributed by atoms with E-state index in [0.717, 1.165) is 12.2 Å². The Morgan fingerprint density at radius 2 is 1.89 bits per heavy atom. The number of carbonyl (C=O) groups is 3. The highest BCUT2D eigenvalue weighted by atomic mass is 32.1. The Morgan fingerprint density at radius 1 is 1.22 bits per heavy atom. The number of nitrogens with zero attached hydrogens (tertiary/aromatic N) is 2. The van der Waals surface area contributed by atoms with Gasteiger partial charge in [-0.2, -0.15) is 0 Å². The highest BCUT2D eigenvalue weighted by molar-refractivity contribution is 7.80. The molecular formula is C18H24N4O4S. The molecule has 3 amide bonds. The molecule has 1 atom stereocenters. The Balaban J connectivity index is 2.03. The van der Waals surface area contributed by atoms with Crippen LogP contribution >= 0.6 is 12.2 Å². The molecule has 2 N–H and O–H groups in total. The van der Waals surface area contributed by atoms with Crippen LogP contribution in [0, 0.1) is 0 Å². The van der Waals surface area contributed by atoms with E-state index in [1.165, 1.54) is 16.8 Å². The third-order valence-electron chi connectivity index (χ3n) is 3.88. The van der Waals surface area contributed by atoms with Crippen LogP contribution in [0.15, 0.2) is 24.3 Å². The third-order valence-corrected chi connectivity index (χ3v) is 4.30. The fraction of sp³-hybridized carbons (Fsp3) is 0.444. The molecule has 0 aliphatic carbocycles. The molecule has 9 heteroatoms. The van der Waals surface area contributed by atoms with Gasteiger partial charge in [0.1, 0.15) is 11.8 Å². The molecule has 1 fully saturated rings. The first-order valence-electron chi connectivity index (χ1n) is 8.81. The zero-order valence-electron chi connectivity index (χ0n) is 15.7. The van der Waals surface area contributed by atoms with Crippen LogP contribution in [0.25, 0.3) is 0 Å². The van der Waals surface area contributed by atoms with E-state index in [1.54, 1.807) is 31.2 Å². The molecular weight excluding hydrogens is 368 g/mol. The van der Waals surface area contributed by atoms with Crippen molar-refractivity contribution in [3.63, 3.8) is 0 Å². The summed E-state index contributed by atoms with van der Waals surface area (Å²) in [7, 11) is 0. The topological polar surface area (TPSA) is 91.0 Å². The fourth-order valence-corrected chi connectivity index (χ4v) is 3.05. The molecule has 146 valence electrons. The lowest BCUT2D eigenvalue weighted by Crippen LogP contribution is -2.49. The van der Waals surface area contributed by atoms with E-state index >= 15 is 0 Å². The summed E-state index contributed by atoms with van der Waals surface area (Å²) in [4.78, 5) is 37.7. The molecule has 27 heavy (non-hydrogen) atoms. The Bertz CT molecular complexity index is 723. The standard InChI is InChI=1S/C18H24N4O4S/c1-4-10-26-14-8-6-13(7-9-14)19-16(24)11-15-17(25)21(5-2)18(27)22(15)20-12(3)23/h6-9,15H,4-5,10-11H2,1-3H3,(H,19,24)(H,20,23). The smallest absolute Gasteiger partial charge is 0.254 e. The first-order chi connectivity index (χ1) is 12.9. The number of benzene rings is 1. The first-order valence-corrected chi connectivity index (χ1v) is 9.22. The predicted molar refractivity (Wildman–Crippen MR) is 105 cm³/mol. The van der Waals surface area contributed by atoms with Gasteiger partial charge in [-0.05, 0) is 49.8 Å². The van der Waals surface area contributed by atoms with E-state index in [4.69, 9.17) is 17.0 Å². The lowest BCUT2D eigenvalue weighted by molar-refractivity contribution is -0.132. The van der Waals surface area contributed by atoms with Gasteiger partial charge in [0.25, 0.3) is 5.91 Å². The normalized spacial score (nSPS) is 16.5. The van der Waals surface area contributed by atoms with Crippen LogP contribution in [0.3, 0.4) is 0 Å². The predicted octanol–water partition coefficient (Wildman–Crippen LogP) is 1.67. The molecule has 1 aliphatic heterocycles. The van der Waals surface area contributed by atoms with Crippen LogP contribution in [0.5, 0.6) is 5.75 Å². The maximum Gasteiger partial charge on any atom is 0.254 e. The third kappa shape index (κ3) is 5.16. The number of rotatable bonds is 8. The van der Waals surface area contributed by atoms with E-state index in [0.29, 0.717) is 18.8 Å². The highest BCUT2D eigenvalue weighted by Crippen LogP contribution is 2.20. The van der Waals surface area contributed by atoms with Gasteiger partial charge in [-0.3, -0.25) is 24.7 Å². The van der Waals surface area contributed by atoms with Gasteiger partial charge in [-0.1, -0.05) is 6.92 Å². The maximum absolute atomic E-state index is 12.5. The average Bonchev–Trinajstić information content (AvgIpc) is 2.84. The van der Waals surface area contributed by atoms with Crippen molar-refractivity contribution in [1.29, 1.82) is 0 Å². The van der Waals surface area contributed by atoms with Gasteiger partial charge < -0.3 is 10.1 Å². The quantitative estimate of drug-likeness (QED) is 0.654. The second-order valence-corrected chi connectivity index (χ2v) is 6.41. The number of thiocarbonyl (C=S) groups is 1. The van der Waals surface area contributed by atoms with Gasteiger partial charge in [0.05, 0.1) is 13.0 Å². The number of amides is 3. The van der Waals surface area contributed by atoms with Gasteiger partial charge in [0.2, 0.25) is 11.8 Å². The lowest BCUT2D eigenvalue weighted by Gasteiger charge is -2.23. The monoisotopic (exact) mass is 392 g/mol. The van der Waals surface area contributed by atoms with Crippen molar-refractivity contribution in [3.8, 4) is 5.75 Å². The van der Waals surface area contributed by atoms with E-state index in [1.807, 2.05) is 6.92 Å². The number of hydrogen-bond acceptors (Lipinski definition) is 5. The van der Waals surface area contributed by atoms with Crippen LogP contribution in [0.2, 0.25) is 0 Å². The molecule has 2 rings (SSSR count). The Hall–Kier alpha value is -2.68. The van der Waals surface area contributed by atoms with Crippen molar-refractivity contribution >= 4 is 40.7 Å². The summed E-state index contributed by atoms with van der Waals surface area (Å²) < 4.78 is 5.50. The van der Waals surface area contributed by atoms with Crippen LogP contribution in [-0.4, -0.2) is 51.9 Å². The number of carbonyl (C=O) groups excluding carboxylic acids is 3. The summed E-state index contributed by atoms with van der Waals surface area (Å²) in [6.07, 6.45) is 0.777. The SMILES string of the molecule is CCCOc1ccc(NC(=O)CC2C(=O)N(CC)C(=S)N2NC(C)=O)cc1.